The Balaban J connectivity index is 1.30. The summed E-state index contributed by atoms with van der Waals surface area (Å²) in [4.78, 5) is 16.5. The number of ether oxygens (including phenoxy) is 1. The summed E-state index contributed by atoms with van der Waals surface area (Å²) in [6, 6.07) is 18.7. The number of aryl methyl sites for hydroxylation is 1. The monoisotopic (exact) mass is 372 g/mol. The van der Waals surface area contributed by atoms with Crippen molar-refractivity contribution in [2.75, 3.05) is 11.9 Å². The van der Waals surface area contributed by atoms with Crippen molar-refractivity contribution in [1.29, 1.82) is 0 Å². The van der Waals surface area contributed by atoms with Crippen LogP contribution in [0, 0.1) is 6.92 Å². The highest BCUT2D eigenvalue weighted by Gasteiger charge is 2.10. The minimum atomic E-state index is -0.253. The van der Waals surface area contributed by atoms with Gasteiger partial charge in [-0.05, 0) is 42.5 Å². The molecule has 0 spiro atoms. The summed E-state index contributed by atoms with van der Waals surface area (Å²) in [5, 5.41) is 4.79. The van der Waals surface area contributed by atoms with Crippen molar-refractivity contribution in [3.05, 3.63) is 66.6 Å². The third kappa shape index (κ3) is 2.95. The van der Waals surface area contributed by atoms with Crippen molar-refractivity contribution in [2.45, 2.75) is 6.92 Å². The summed E-state index contributed by atoms with van der Waals surface area (Å²) in [6.07, 6.45) is 0. The number of para-hydroxylation sites is 1. The van der Waals surface area contributed by atoms with E-state index in [9.17, 15) is 4.79 Å². The number of benzene rings is 3. The van der Waals surface area contributed by atoms with Gasteiger partial charge in [0.2, 0.25) is 0 Å². The van der Waals surface area contributed by atoms with Gasteiger partial charge in [0.15, 0.2) is 18.1 Å². The van der Waals surface area contributed by atoms with Crippen LogP contribution >= 0.6 is 0 Å². The Morgan fingerprint density at radius 2 is 1.79 bits per heavy atom. The standard InChI is InChI=1S/C22H16N2O4/c1-13-23-18-10-14(6-8-21(18)27-13)24-22(25)12-26-15-7-9-20-17(11-15)16-4-2-3-5-19(16)28-20/h2-11H,12H2,1H3,(H,24,25). The van der Waals surface area contributed by atoms with Crippen LogP contribution < -0.4 is 10.1 Å². The zero-order valence-electron chi connectivity index (χ0n) is 15.1. The van der Waals surface area contributed by atoms with E-state index in [4.69, 9.17) is 13.6 Å². The predicted molar refractivity (Wildman–Crippen MR) is 107 cm³/mol. The molecule has 0 saturated carbocycles. The van der Waals surface area contributed by atoms with Gasteiger partial charge < -0.3 is 18.9 Å². The molecule has 0 fully saturated rings. The third-order valence-corrected chi connectivity index (χ3v) is 4.50. The minimum absolute atomic E-state index is 0.100. The molecule has 6 heteroatoms. The first-order valence-electron chi connectivity index (χ1n) is 8.87. The number of fused-ring (bicyclic) bond motifs is 4. The molecule has 2 heterocycles. The van der Waals surface area contributed by atoms with Crippen molar-refractivity contribution in [2.24, 2.45) is 0 Å². The highest BCUT2D eigenvalue weighted by Crippen LogP contribution is 2.31. The van der Waals surface area contributed by atoms with E-state index in [-0.39, 0.29) is 12.5 Å². The summed E-state index contributed by atoms with van der Waals surface area (Å²) in [6.45, 7) is 1.68. The maximum atomic E-state index is 12.3. The van der Waals surface area contributed by atoms with Crippen LogP contribution in [0.1, 0.15) is 5.89 Å². The number of hydrogen-bond donors (Lipinski definition) is 1. The van der Waals surface area contributed by atoms with Crippen molar-refractivity contribution >= 4 is 44.6 Å². The number of oxazole rings is 1. The largest absolute Gasteiger partial charge is 0.484 e. The summed E-state index contributed by atoms with van der Waals surface area (Å²) in [5.74, 6) is 0.942. The molecule has 0 bridgehead atoms. The molecule has 5 rings (SSSR count). The van der Waals surface area contributed by atoms with E-state index in [1.807, 2.05) is 36.4 Å². The van der Waals surface area contributed by atoms with Crippen LogP contribution in [0.4, 0.5) is 5.69 Å². The van der Waals surface area contributed by atoms with Gasteiger partial charge >= 0.3 is 0 Å². The van der Waals surface area contributed by atoms with Crippen LogP contribution in [-0.4, -0.2) is 17.5 Å². The van der Waals surface area contributed by atoms with Gasteiger partial charge in [0.05, 0.1) is 0 Å². The fourth-order valence-electron chi connectivity index (χ4n) is 3.26. The molecule has 28 heavy (non-hydrogen) atoms. The number of nitrogens with one attached hydrogen (secondary N) is 1. The number of aromatic nitrogens is 1. The van der Waals surface area contributed by atoms with Gasteiger partial charge in [0.25, 0.3) is 5.91 Å². The number of rotatable bonds is 4. The molecular weight excluding hydrogens is 356 g/mol. The molecule has 5 aromatic rings. The normalized spacial score (nSPS) is 11.3. The van der Waals surface area contributed by atoms with Crippen molar-refractivity contribution in [3.63, 3.8) is 0 Å². The zero-order chi connectivity index (χ0) is 19.1. The first-order chi connectivity index (χ1) is 13.7. The molecule has 1 amide bonds. The summed E-state index contributed by atoms with van der Waals surface area (Å²) in [5.41, 5.74) is 3.65. The number of nitrogens with zero attached hydrogens (tertiary/aromatic N) is 1. The van der Waals surface area contributed by atoms with Crippen molar-refractivity contribution in [1.82, 2.24) is 4.98 Å². The summed E-state index contributed by atoms with van der Waals surface area (Å²) >= 11 is 0. The molecule has 0 aliphatic heterocycles. The molecule has 1 N–H and O–H groups in total. The van der Waals surface area contributed by atoms with Gasteiger partial charge in [-0.3, -0.25) is 4.79 Å². The number of furan rings is 1. The van der Waals surface area contributed by atoms with Gasteiger partial charge in [-0.25, -0.2) is 4.98 Å². The Kier molecular flexibility index (Phi) is 3.76. The van der Waals surface area contributed by atoms with Gasteiger partial charge in [-0.2, -0.15) is 0 Å². The Bertz CT molecular complexity index is 1330. The summed E-state index contributed by atoms with van der Waals surface area (Å²) in [7, 11) is 0. The number of anilines is 1. The number of hydrogen-bond acceptors (Lipinski definition) is 5. The Labute approximate surface area is 159 Å². The lowest BCUT2D eigenvalue weighted by molar-refractivity contribution is -0.118. The topological polar surface area (TPSA) is 77.5 Å². The van der Waals surface area contributed by atoms with Crippen LogP contribution in [0.3, 0.4) is 0 Å². The summed E-state index contributed by atoms with van der Waals surface area (Å²) < 4.78 is 16.9. The lowest BCUT2D eigenvalue weighted by atomic mass is 10.1. The third-order valence-electron chi connectivity index (χ3n) is 4.50. The van der Waals surface area contributed by atoms with Gasteiger partial charge in [0, 0.05) is 23.4 Å². The molecule has 0 aliphatic carbocycles. The van der Waals surface area contributed by atoms with Crippen LogP contribution in [0.25, 0.3) is 33.0 Å². The molecule has 6 nitrogen and oxygen atoms in total. The van der Waals surface area contributed by atoms with E-state index >= 15 is 0 Å². The smallest absolute Gasteiger partial charge is 0.262 e. The highest BCUT2D eigenvalue weighted by atomic mass is 16.5. The molecule has 0 radical (unpaired) electrons. The fourth-order valence-corrected chi connectivity index (χ4v) is 3.26. The zero-order valence-corrected chi connectivity index (χ0v) is 15.1. The minimum Gasteiger partial charge on any atom is -0.484 e. The van der Waals surface area contributed by atoms with Gasteiger partial charge in [-0.15, -0.1) is 0 Å². The van der Waals surface area contributed by atoms with E-state index in [1.165, 1.54) is 0 Å². The second kappa shape index (κ2) is 6.42. The lowest BCUT2D eigenvalue weighted by Crippen LogP contribution is -2.20. The average molecular weight is 372 g/mol. The Morgan fingerprint density at radius 3 is 2.71 bits per heavy atom. The van der Waals surface area contributed by atoms with Crippen molar-refractivity contribution < 1.29 is 18.4 Å². The van der Waals surface area contributed by atoms with Gasteiger partial charge in [-0.1, -0.05) is 18.2 Å². The number of carbonyl (C=O) groups excluding carboxylic acids is 1. The van der Waals surface area contributed by atoms with E-state index in [1.54, 1.807) is 31.2 Å². The first kappa shape index (κ1) is 16.4. The highest BCUT2D eigenvalue weighted by molar-refractivity contribution is 6.05. The second-order valence-electron chi connectivity index (χ2n) is 6.51. The molecule has 3 aromatic carbocycles. The maximum Gasteiger partial charge on any atom is 0.262 e. The van der Waals surface area contributed by atoms with Crippen LogP contribution in [0.15, 0.2) is 69.5 Å². The van der Waals surface area contributed by atoms with E-state index < -0.39 is 0 Å². The molecular formula is C22H16N2O4. The van der Waals surface area contributed by atoms with Crippen molar-refractivity contribution in [3.8, 4) is 5.75 Å². The second-order valence-corrected chi connectivity index (χ2v) is 6.51. The number of carbonyl (C=O) groups is 1. The molecule has 0 atom stereocenters. The van der Waals surface area contributed by atoms with E-state index in [0.717, 1.165) is 21.9 Å². The first-order valence-corrected chi connectivity index (χ1v) is 8.87. The van der Waals surface area contributed by atoms with E-state index in [0.29, 0.717) is 28.4 Å². The van der Waals surface area contributed by atoms with Crippen LogP contribution in [0.2, 0.25) is 0 Å². The maximum absolute atomic E-state index is 12.3. The quantitative estimate of drug-likeness (QED) is 0.477. The Morgan fingerprint density at radius 1 is 0.964 bits per heavy atom. The number of amides is 1. The molecule has 0 saturated heterocycles. The predicted octanol–water partition coefficient (Wildman–Crippen LogP) is 5.05. The molecule has 0 aliphatic rings. The fraction of sp³-hybridized carbons (Fsp3) is 0.0909. The molecule has 2 aromatic heterocycles. The van der Waals surface area contributed by atoms with Gasteiger partial charge in [0.1, 0.15) is 22.4 Å². The average Bonchev–Trinajstić information content (AvgIpc) is 3.25. The molecule has 0 unspecified atom stereocenters. The Hall–Kier alpha value is -3.80. The van der Waals surface area contributed by atoms with E-state index in [2.05, 4.69) is 10.3 Å². The SMILES string of the molecule is Cc1nc2cc(NC(=O)COc3ccc4oc5ccccc5c4c3)ccc2o1. The molecule has 138 valence electrons. The van der Waals surface area contributed by atoms with Crippen LogP contribution in [0.5, 0.6) is 5.75 Å². The lowest BCUT2D eigenvalue weighted by Gasteiger charge is -2.07. The van der Waals surface area contributed by atoms with Crippen LogP contribution in [-0.2, 0) is 4.79 Å².